The van der Waals surface area contributed by atoms with E-state index in [2.05, 4.69) is 25.8 Å². The van der Waals surface area contributed by atoms with Gasteiger partial charge in [0.15, 0.2) is 11.6 Å². The summed E-state index contributed by atoms with van der Waals surface area (Å²) in [5.74, 6) is -2.34. The van der Waals surface area contributed by atoms with Gasteiger partial charge in [-0.3, -0.25) is 9.59 Å². The minimum atomic E-state index is -1.08. The van der Waals surface area contributed by atoms with Crippen molar-refractivity contribution in [3.63, 3.8) is 0 Å². The number of carbonyl (C=O) groups is 1. The molecule has 162 valence electrons. The van der Waals surface area contributed by atoms with E-state index in [-0.39, 0.29) is 30.4 Å². The van der Waals surface area contributed by atoms with Gasteiger partial charge in [0.2, 0.25) is 5.91 Å². The van der Waals surface area contributed by atoms with E-state index < -0.39 is 23.2 Å². The number of nitrogens with zero attached hydrogens (tertiary/aromatic N) is 2. The normalized spacial score (nSPS) is 18.7. The fourth-order valence-corrected chi connectivity index (χ4v) is 5.87. The van der Waals surface area contributed by atoms with Crippen molar-refractivity contribution >= 4 is 49.6 Å². The number of likely N-dealkylation sites (N-methyl/N-ethyl adjacent to an activating group) is 1. The van der Waals surface area contributed by atoms with Crippen LogP contribution in [-0.2, 0) is 16.1 Å². The topological polar surface area (TPSA) is 65.6 Å². The maximum Gasteiger partial charge on any atom is 0.256 e. The van der Waals surface area contributed by atoms with Gasteiger partial charge in [0.25, 0.3) is 5.56 Å². The molecule has 2 aromatic heterocycles. The van der Waals surface area contributed by atoms with Crippen LogP contribution in [0.1, 0.15) is 17.3 Å². The van der Waals surface area contributed by atoms with Crippen LogP contribution in [0.15, 0.2) is 32.2 Å². The Hall–Kier alpha value is -2.30. The molecule has 0 bridgehead atoms. The Morgan fingerprint density at radius 1 is 1.26 bits per heavy atom. The molecule has 1 N–H and O–H groups in total. The molecule has 2 aliphatic heterocycles. The SMILES string of the molecule is CN(C(=O)C1CN(c2cscc2Br)C1)C1COCc2[nH]c(=O)c3cc(F)c(F)cc3c21. The van der Waals surface area contributed by atoms with Crippen LogP contribution in [0, 0.1) is 17.6 Å². The first-order chi connectivity index (χ1) is 14.8. The second kappa shape index (κ2) is 7.68. The molecule has 0 aliphatic carbocycles. The van der Waals surface area contributed by atoms with E-state index in [4.69, 9.17) is 4.74 Å². The highest BCUT2D eigenvalue weighted by Crippen LogP contribution is 2.37. The molecular formula is C21H18BrF2N3O3S. The molecule has 2 aliphatic rings. The number of ether oxygens (including phenoxy) is 1. The van der Waals surface area contributed by atoms with Crippen molar-refractivity contribution in [2.24, 2.45) is 5.92 Å². The van der Waals surface area contributed by atoms with Crippen LogP contribution in [-0.4, -0.2) is 42.5 Å². The van der Waals surface area contributed by atoms with Gasteiger partial charge in [-0.05, 0) is 33.4 Å². The Morgan fingerprint density at radius 3 is 2.65 bits per heavy atom. The molecule has 3 aromatic rings. The molecule has 0 radical (unpaired) electrons. The number of aromatic nitrogens is 1. The number of hydrogen-bond donors (Lipinski definition) is 1. The summed E-state index contributed by atoms with van der Waals surface area (Å²) in [5.41, 5.74) is 1.65. The molecule has 1 fully saturated rings. The molecule has 10 heteroatoms. The third kappa shape index (κ3) is 3.37. The van der Waals surface area contributed by atoms with E-state index in [0.29, 0.717) is 29.7 Å². The van der Waals surface area contributed by atoms with Crippen molar-refractivity contribution in [2.45, 2.75) is 12.6 Å². The molecule has 1 atom stereocenters. The van der Waals surface area contributed by atoms with Crippen molar-refractivity contribution in [3.05, 3.63) is 60.6 Å². The van der Waals surface area contributed by atoms with Gasteiger partial charge in [-0.15, -0.1) is 11.3 Å². The number of thiophene rings is 1. The van der Waals surface area contributed by atoms with Gasteiger partial charge in [-0.1, -0.05) is 0 Å². The zero-order valence-corrected chi connectivity index (χ0v) is 18.9. The standard InChI is InChI=1S/C21H18BrF2N3O3S/c1-26(21(29)10-4-27(5-10)18-9-31-8-13(18)22)17-7-30-6-16-19(17)11-2-14(23)15(24)3-12(11)20(28)25-16/h2-3,8-10,17H,4-7H2,1H3,(H,25,28). The van der Waals surface area contributed by atoms with Gasteiger partial charge in [-0.2, -0.15) is 0 Å². The zero-order chi connectivity index (χ0) is 21.9. The number of amides is 1. The van der Waals surface area contributed by atoms with E-state index in [1.54, 1.807) is 23.3 Å². The Kier molecular flexibility index (Phi) is 5.10. The van der Waals surface area contributed by atoms with Gasteiger partial charge in [0.1, 0.15) is 0 Å². The van der Waals surface area contributed by atoms with Gasteiger partial charge >= 0.3 is 0 Å². The van der Waals surface area contributed by atoms with Crippen LogP contribution in [0.25, 0.3) is 10.8 Å². The highest BCUT2D eigenvalue weighted by atomic mass is 79.9. The van der Waals surface area contributed by atoms with Crippen LogP contribution in [0.3, 0.4) is 0 Å². The van der Waals surface area contributed by atoms with Crippen molar-refractivity contribution in [3.8, 4) is 0 Å². The van der Waals surface area contributed by atoms with E-state index in [0.717, 1.165) is 22.3 Å². The number of pyridine rings is 1. The van der Waals surface area contributed by atoms with Gasteiger partial charge in [0.05, 0.1) is 40.7 Å². The van der Waals surface area contributed by atoms with Crippen molar-refractivity contribution in [2.75, 3.05) is 31.6 Å². The number of rotatable bonds is 3. The lowest BCUT2D eigenvalue weighted by atomic mass is 9.93. The lowest BCUT2D eigenvalue weighted by Gasteiger charge is -2.43. The summed E-state index contributed by atoms with van der Waals surface area (Å²) in [4.78, 5) is 32.0. The van der Waals surface area contributed by atoms with E-state index in [1.807, 2.05) is 10.8 Å². The highest BCUT2D eigenvalue weighted by molar-refractivity contribution is 9.10. The number of aromatic amines is 1. The molecule has 0 saturated carbocycles. The number of benzene rings is 1. The maximum absolute atomic E-state index is 14.0. The summed E-state index contributed by atoms with van der Waals surface area (Å²) in [6.45, 7) is 1.56. The van der Waals surface area contributed by atoms with Crippen LogP contribution in [0.5, 0.6) is 0 Å². The highest BCUT2D eigenvalue weighted by Gasteiger charge is 2.39. The Bertz CT molecular complexity index is 1250. The average molecular weight is 510 g/mol. The second-order valence-electron chi connectivity index (χ2n) is 7.85. The van der Waals surface area contributed by atoms with Crippen LogP contribution in [0.4, 0.5) is 14.5 Å². The van der Waals surface area contributed by atoms with Crippen molar-refractivity contribution in [1.29, 1.82) is 0 Å². The lowest BCUT2D eigenvalue weighted by Crippen LogP contribution is -2.55. The van der Waals surface area contributed by atoms with Crippen molar-refractivity contribution in [1.82, 2.24) is 9.88 Å². The Labute approximate surface area is 188 Å². The lowest BCUT2D eigenvalue weighted by molar-refractivity contribution is -0.139. The quantitative estimate of drug-likeness (QED) is 0.583. The first-order valence-corrected chi connectivity index (χ1v) is 11.4. The van der Waals surface area contributed by atoms with Crippen LogP contribution >= 0.6 is 27.3 Å². The number of nitrogens with one attached hydrogen (secondary N) is 1. The third-order valence-corrected chi connectivity index (χ3v) is 7.69. The summed E-state index contributed by atoms with van der Waals surface area (Å²) >= 11 is 5.11. The van der Waals surface area contributed by atoms with Gasteiger partial charge < -0.3 is 19.5 Å². The molecule has 1 saturated heterocycles. The molecule has 31 heavy (non-hydrogen) atoms. The van der Waals surface area contributed by atoms with Crippen LogP contribution < -0.4 is 10.5 Å². The van der Waals surface area contributed by atoms with E-state index in [9.17, 15) is 18.4 Å². The summed E-state index contributed by atoms with van der Waals surface area (Å²) in [5, 5.41) is 4.40. The number of carbonyl (C=O) groups excluding carboxylic acids is 1. The predicted octanol–water partition coefficient (Wildman–Crippen LogP) is 3.80. The summed E-state index contributed by atoms with van der Waals surface area (Å²) in [6, 6.07) is 1.43. The first-order valence-electron chi connectivity index (χ1n) is 9.70. The molecule has 1 amide bonds. The first kappa shape index (κ1) is 20.6. The fraction of sp³-hybridized carbons (Fsp3) is 0.333. The molecule has 4 heterocycles. The van der Waals surface area contributed by atoms with Crippen molar-refractivity contribution < 1.29 is 18.3 Å². The molecule has 0 spiro atoms. The monoisotopic (exact) mass is 509 g/mol. The Morgan fingerprint density at radius 2 is 1.97 bits per heavy atom. The number of fused-ring (bicyclic) bond motifs is 3. The summed E-state index contributed by atoms with van der Waals surface area (Å²) in [7, 11) is 1.69. The predicted molar refractivity (Wildman–Crippen MR) is 117 cm³/mol. The summed E-state index contributed by atoms with van der Waals surface area (Å²) < 4.78 is 34.4. The molecule has 1 aromatic carbocycles. The molecule has 6 nitrogen and oxygen atoms in total. The zero-order valence-electron chi connectivity index (χ0n) is 16.5. The summed E-state index contributed by atoms with van der Waals surface area (Å²) in [6.07, 6.45) is 0. The smallest absolute Gasteiger partial charge is 0.256 e. The Balaban J connectivity index is 1.45. The molecular weight excluding hydrogens is 492 g/mol. The second-order valence-corrected chi connectivity index (χ2v) is 9.44. The van der Waals surface area contributed by atoms with E-state index >= 15 is 0 Å². The van der Waals surface area contributed by atoms with Gasteiger partial charge in [0, 0.05) is 42.2 Å². The fourth-order valence-electron chi connectivity index (χ4n) is 4.32. The van der Waals surface area contributed by atoms with Gasteiger partial charge in [-0.25, -0.2) is 8.78 Å². The largest absolute Gasteiger partial charge is 0.373 e. The minimum Gasteiger partial charge on any atom is -0.373 e. The third-order valence-electron chi connectivity index (χ3n) is 6.02. The number of H-pyrrole nitrogens is 1. The minimum absolute atomic E-state index is 0.0500. The number of halogens is 3. The maximum atomic E-state index is 14.0. The molecule has 5 rings (SSSR count). The number of anilines is 1. The van der Waals surface area contributed by atoms with E-state index in [1.165, 1.54) is 0 Å². The average Bonchev–Trinajstić information content (AvgIpc) is 3.13. The number of hydrogen-bond acceptors (Lipinski definition) is 5. The van der Waals surface area contributed by atoms with Crippen LogP contribution in [0.2, 0.25) is 0 Å². The molecule has 1 unspecified atom stereocenters.